The van der Waals surface area contributed by atoms with E-state index in [0.29, 0.717) is 25.9 Å². The molecule has 0 saturated carbocycles. The largest absolute Gasteiger partial charge is 0.343 e. The zero-order valence-electron chi connectivity index (χ0n) is 19.4. The lowest BCUT2D eigenvalue weighted by Crippen LogP contribution is -2.32. The Labute approximate surface area is 195 Å². The molecule has 33 heavy (non-hydrogen) atoms. The van der Waals surface area contributed by atoms with Crippen molar-refractivity contribution in [2.24, 2.45) is 0 Å². The molecular formula is C27H32N4O2. The average Bonchev–Trinajstić information content (AvgIpc) is 3.25. The summed E-state index contributed by atoms with van der Waals surface area (Å²) >= 11 is 0. The van der Waals surface area contributed by atoms with E-state index in [2.05, 4.69) is 16.7 Å². The monoisotopic (exact) mass is 444 g/mol. The lowest BCUT2D eigenvalue weighted by molar-refractivity contribution is -0.131. The number of likely N-dealkylation sites (tertiary alicyclic amines) is 1. The number of hydrogen-bond donors (Lipinski definition) is 0. The summed E-state index contributed by atoms with van der Waals surface area (Å²) in [6.07, 6.45) is 5.54. The van der Waals surface area contributed by atoms with Crippen molar-refractivity contribution in [1.82, 2.24) is 14.5 Å². The summed E-state index contributed by atoms with van der Waals surface area (Å²) in [5.41, 5.74) is 4.05. The zero-order valence-corrected chi connectivity index (χ0v) is 19.4. The minimum absolute atomic E-state index is 0.0127. The van der Waals surface area contributed by atoms with Gasteiger partial charge in [0.1, 0.15) is 5.82 Å². The van der Waals surface area contributed by atoms with E-state index < -0.39 is 0 Å². The van der Waals surface area contributed by atoms with Crippen molar-refractivity contribution < 1.29 is 9.59 Å². The van der Waals surface area contributed by atoms with Crippen LogP contribution in [0.2, 0.25) is 0 Å². The number of rotatable bonds is 5. The molecule has 1 atom stereocenters. The molecule has 0 spiro atoms. The third kappa shape index (κ3) is 4.52. The SMILES string of the molecule is Cc1cccc(N2CC(c3nc4ccccc4n3CCC(=O)N3CCCCCC3)CC2=O)c1. The van der Waals surface area contributed by atoms with Gasteiger partial charge in [0.15, 0.2) is 0 Å². The van der Waals surface area contributed by atoms with Crippen LogP contribution in [0.25, 0.3) is 11.0 Å². The fourth-order valence-corrected chi connectivity index (χ4v) is 5.25. The summed E-state index contributed by atoms with van der Waals surface area (Å²) in [6.45, 7) is 5.01. The standard InChI is InChI=1S/C27H32N4O2/c1-20-9-8-10-22(17-20)31-19-21(18-26(31)33)27-28-23-11-4-5-12-24(23)30(27)16-13-25(32)29-14-6-2-3-7-15-29/h4-5,8-12,17,21H,2-3,6-7,13-16,18-19H2,1H3. The summed E-state index contributed by atoms with van der Waals surface area (Å²) in [7, 11) is 0. The molecule has 6 heteroatoms. The van der Waals surface area contributed by atoms with Crippen LogP contribution in [0.1, 0.15) is 55.8 Å². The van der Waals surface area contributed by atoms with E-state index in [1.54, 1.807) is 0 Å². The molecule has 2 amide bonds. The van der Waals surface area contributed by atoms with Crippen LogP contribution in [0.3, 0.4) is 0 Å². The van der Waals surface area contributed by atoms with Gasteiger partial charge in [0.2, 0.25) is 11.8 Å². The number of aryl methyl sites for hydroxylation is 2. The van der Waals surface area contributed by atoms with Crippen molar-refractivity contribution in [2.45, 2.75) is 57.9 Å². The van der Waals surface area contributed by atoms with Gasteiger partial charge < -0.3 is 14.4 Å². The van der Waals surface area contributed by atoms with Crippen molar-refractivity contribution >= 4 is 28.5 Å². The van der Waals surface area contributed by atoms with Crippen LogP contribution in [-0.4, -0.2) is 45.9 Å². The normalized spacial score (nSPS) is 19.3. The molecule has 0 bridgehead atoms. The maximum Gasteiger partial charge on any atom is 0.227 e. The molecule has 2 saturated heterocycles. The van der Waals surface area contributed by atoms with Gasteiger partial charge in [-0.2, -0.15) is 0 Å². The van der Waals surface area contributed by atoms with Crippen LogP contribution in [0.5, 0.6) is 0 Å². The molecule has 2 aliphatic heterocycles. The van der Waals surface area contributed by atoms with Crippen LogP contribution < -0.4 is 4.90 Å². The number of carbonyl (C=O) groups excluding carboxylic acids is 2. The van der Waals surface area contributed by atoms with E-state index in [9.17, 15) is 9.59 Å². The third-order valence-corrected chi connectivity index (χ3v) is 7.00. The first kappa shape index (κ1) is 21.7. The summed E-state index contributed by atoms with van der Waals surface area (Å²) in [5.74, 6) is 1.29. The van der Waals surface area contributed by atoms with Crippen molar-refractivity contribution in [3.8, 4) is 0 Å². The van der Waals surface area contributed by atoms with Gasteiger partial charge in [-0.15, -0.1) is 0 Å². The highest BCUT2D eigenvalue weighted by Crippen LogP contribution is 2.33. The number of benzene rings is 2. The van der Waals surface area contributed by atoms with Gasteiger partial charge in [0.05, 0.1) is 11.0 Å². The van der Waals surface area contributed by atoms with Gasteiger partial charge in [-0.1, -0.05) is 37.1 Å². The van der Waals surface area contributed by atoms with Gasteiger partial charge in [-0.05, 0) is 49.6 Å². The number of imidazole rings is 1. The van der Waals surface area contributed by atoms with Crippen LogP contribution in [0.15, 0.2) is 48.5 Å². The van der Waals surface area contributed by atoms with Crippen LogP contribution in [0, 0.1) is 6.92 Å². The molecule has 172 valence electrons. The molecule has 0 radical (unpaired) electrons. The summed E-state index contributed by atoms with van der Waals surface area (Å²) in [5, 5.41) is 0. The summed E-state index contributed by atoms with van der Waals surface area (Å²) in [4.78, 5) is 34.7. The Kier molecular flexibility index (Phi) is 6.16. The van der Waals surface area contributed by atoms with Gasteiger partial charge in [0, 0.05) is 50.6 Å². The summed E-state index contributed by atoms with van der Waals surface area (Å²) in [6, 6.07) is 16.2. The Hall–Kier alpha value is -3.15. The lowest BCUT2D eigenvalue weighted by atomic mass is 10.1. The fraction of sp³-hybridized carbons (Fsp3) is 0.444. The van der Waals surface area contributed by atoms with E-state index in [4.69, 9.17) is 4.98 Å². The predicted molar refractivity (Wildman–Crippen MR) is 130 cm³/mol. The van der Waals surface area contributed by atoms with E-state index in [0.717, 1.165) is 54.0 Å². The highest BCUT2D eigenvalue weighted by molar-refractivity contribution is 5.96. The third-order valence-electron chi connectivity index (χ3n) is 7.00. The van der Waals surface area contributed by atoms with Crippen molar-refractivity contribution in [1.29, 1.82) is 0 Å². The number of fused-ring (bicyclic) bond motifs is 1. The van der Waals surface area contributed by atoms with Gasteiger partial charge >= 0.3 is 0 Å². The molecule has 1 aromatic heterocycles. The van der Waals surface area contributed by atoms with Crippen LogP contribution >= 0.6 is 0 Å². The Morgan fingerprint density at radius 3 is 2.61 bits per heavy atom. The van der Waals surface area contributed by atoms with E-state index in [1.807, 2.05) is 53.1 Å². The van der Waals surface area contributed by atoms with Crippen molar-refractivity contribution in [3.05, 3.63) is 59.9 Å². The van der Waals surface area contributed by atoms with Crippen molar-refractivity contribution in [2.75, 3.05) is 24.5 Å². The maximum absolute atomic E-state index is 13.0. The smallest absolute Gasteiger partial charge is 0.227 e. The molecule has 2 aromatic carbocycles. The number of para-hydroxylation sites is 2. The van der Waals surface area contributed by atoms with Gasteiger partial charge in [-0.25, -0.2) is 4.98 Å². The maximum atomic E-state index is 13.0. The number of nitrogens with zero attached hydrogens (tertiary/aromatic N) is 4. The minimum atomic E-state index is 0.0127. The lowest BCUT2D eigenvalue weighted by Gasteiger charge is -2.21. The quantitative estimate of drug-likeness (QED) is 0.575. The highest BCUT2D eigenvalue weighted by Gasteiger charge is 2.35. The van der Waals surface area contributed by atoms with E-state index in [1.165, 1.54) is 12.8 Å². The molecule has 1 unspecified atom stereocenters. The Morgan fingerprint density at radius 2 is 1.82 bits per heavy atom. The van der Waals surface area contributed by atoms with Crippen molar-refractivity contribution in [3.63, 3.8) is 0 Å². The number of carbonyl (C=O) groups is 2. The Bertz CT molecular complexity index is 1160. The first-order valence-electron chi connectivity index (χ1n) is 12.2. The minimum Gasteiger partial charge on any atom is -0.343 e. The Balaban J connectivity index is 1.39. The molecule has 3 aromatic rings. The number of aromatic nitrogens is 2. The second-order valence-corrected chi connectivity index (χ2v) is 9.40. The van der Waals surface area contributed by atoms with Crippen LogP contribution in [0.4, 0.5) is 5.69 Å². The number of hydrogen-bond acceptors (Lipinski definition) is 3. The highest BCUT2D eigenvalue weighted by atomic mass is 16.2. The van der Waals surface area contributed by atoms with Gasteiger partial charge in [-0.3, -0.25) is 9.59 Å². The zero-order chi connectivity index (χ0) is 22.8. The fourth-order valence-electron chi connectivity index (χ4n) is 5.25. The number of amides is 2. The van der Waals surface area contributed by atoms with Crippen LogP contribution in [-0.2, 0) is 16.1 Å². The second kappa shape index (κ2) is 9.38. The molecule has 2 aliphatic rings. The predicted octanol–water partition coefficient (Wildman–Crippen LogP) is 4.66. The van der Waals surface area contributed by atoms with E-state index in [-0.39, 0.29) is 17.7 Å². The molecule has 0 N–H and O–H groups in total. The molecular weight excluding hydrogens is 412 g/mol. The summed E-state index contributed by atoms with van der Waals surface area (Å²) < 4.78 is 2.18. The Morgan fingerprint density at radius 1 is 1.03 bits per heavy atom. The molecule has 2 fully saturated rings. The second-order valence-electron chi connectivity index (χ2n) is 9.40. The first-order chi connectivity index (χ1) is 16.1. The molecule has 3 heterocycles. The molecule has 6 nitrogen and oxygen atoms in total. The number of anilines is 1. The van der Waals surface area contributed by atoms with Gasteiger partial charge in [0.25, 0.3) is 0 Å². The molecule has 0 aliphatic carbocycles. The average molecular weight is 445 g/mol. The first-order valence-corrected chi connectivity index (χ1v) is 12.2. The molecule has 5 rings (SSSR count). The van der Waals surface area contributed by atoms with E-state index >= 15 is 0 Å². The topological polar surface area (TPSA) is 58.4 Å².